The van der Waals surface area contributed by atoms with E-state index < -0.39 is 29.5 Å². The highest BCUT2D eigenvalue weighted by Gasteiger charge is 2.37. The lowest BCUT2D eigenvalue weighted by atomic mass is 9.97. The zero-order chi connectivity index (χ0) is 27.9. The molecule has 0 N–H and O–H groups in total. The molecule has 4 rings (SSSR count). The number of amides is 2. The van der Waals surface area contributed by atoms with Gasteiger partial charge in [-0.15, -0.1) is 0 Å². The lowest BCUT2D eigenvalue weighted by Crippen LogP contribution is -2.42. The molecule has 1 atom stereocenters. The summed E-state index contributed by atoms with van der Waals surface area (Å²) < 4.78 is 44.6. The van der Waals surface area contributed by atoms with E-state index in [1.165, 1.54) is 55.5 Å². The van der Waals surface area contributed by atoms with Gasteiger partial charge in [0.05, 0.1) is 32.6 Å². The largest absolute Gasteiger partial charge is 0.497 e. The van der Waals surface area contributed by atoms with Crippen molar-refractivity contribution in [3.05, 3.63) is 95.1 Å². The van der Waals surface area contributed by atoms with Crippen molar-refractivity contribution in [2.24, 2.45) is 5.10 Å². The smallest absolute Gasteiger partial charge is 0.262 e. The highest BCUT2D eigenvalue weighted by molar-refractivity contribution is 6.04. The Hall–Kier alpha value is -4.31. The summed E-state index contributed by atoms with van der Waals surface area (Å²) in [7, 11) is 4.51. The first-order valence-electron chi connectivity index (χ1n) is 12.3. The molecule has 10 heteroatoms. The number of nitrogens with zero attached hydrogens (tertiary/aromatic N) is 3. The van der Waals surface area contributed by atoms with Crippen molar-refractivity contribution >= 4 is 17.5 Å². The van der Waals surface area contributed by atoms with E-state index in [2.05, 4.69) is 5.10 Å². The second-order valence-electron chi connectivity index (χ2n) is 8.82. The molecular weight excluding hydrogens is 508 g/mol. The molecule has 8 nitrogen and oxygen atoms in total. The predicted molar refractivity (Wildman–Crippen MR) is 141 cm³/mol. The number of carbonyl (C=O) groups excluding carboxylic acids is 2. The van der Waals surface area contributed by atoms with E-state index >= 15 is 0 Å². The summed E-state index contributed by atoms with van der Waals surface area (Å²) in [6.07, 6.45) is 0.201. The fourth-order valence-electron chi connectivity index (χ4n) is 4.43. The number of halogens is 2. The predicted octanol–water partition coefficient (Wildman–Crippen LogP) is 4.45. The van der Waals surface area contributed by atoms with Crippen LogP contribution in [-0.2, 0) is 9.53 Å². The van der Waals surface area contributed by atoms with E-state index in [4.69, 9.17) is 14.2 Å². The molecule has 0 bridgehead atoms. The minimum Gasteiger partial charge on any atom is -0.497 e. The summed E-state index contributed by atoms with van der Waals surface area (Å²) in [5.74, 6) is -1.05. The Kier molecular flexibility index (Phi) is 8.88. The zero-order valence-electron chi connectivity index (χ0n) is 21.9. The van der Waals surface area contributed by atoms with Gasteiger partial charge in [0, 0.05) is 36.8 Å². The molecule has 2 amide bonds. The molecule has 3 aromatic carbocycles. The Morgan fingerprint density at radius 3 is 2.49 bits per heavy atom. The van der Waals surface area contributed by atoms with Gasteiger partial charge in [-0.2, -0.15) is 5.10 Å². The number of ether oxygens (including phenoxy) is 3. The van der Waals surface area contributed by atoms with Crippen LogP contribution in [0.4, 0.5) is 8.78 Å². The van der Waals surface area contributed by atoms with Gasteiger partial charge in [-0.3, -0.25) is 9.59 Å². The van der Waals surface area contributed by atoms with E-state index in [-0.39, 0.29) is 37.2 Å². The Balaban J connectivity index is 1.71. The Bertz CT molecular complexity index is 1380. The number of hydrazone groups is 1. The van der Waals surface area contributed by atoms with Crippen molar-refractivity contribution < 1.29 is 32.6 Å². The maximum atomic E-state index is 14.7. The first-order valence-corrected chi connectivity index (χ1v) is 12.3. The van der Waals surface area contributed by atoms with Crippen LogP contribution < -0.4 is 9.47 Å². The Morgan fingerprint density at radius 1 is 1.00 bits per heavy atom. The van der Waals surface area contributed by atoms with Gasteiger partial charge in [0.25, 0.3) is 11.8 Å². The zero-order valence-corrected chi connectivity index (χ0v) is 21.9. The summed E-state index contributed by atoms with van der Waals surface area (Å²) in [6, 6.07) is 16.0. The Labute approximate surface area is 225 Å². The molecule has 0 aromatic heterocycles. The van der Waals surface area contributed by atoms with Gasteiger partial charge in [0.2, 0.25) is 0 Å². The quantitative estimate of drug-likeness (QED) is 0.382. The topological polar surface area (TPSA) is 80.7 Å². The summed E-state index contributed by atoms with van der Waals surface area (Å²) in [5.41, 5.74) is 1.35. The van der Waals surface area contributed by atoms with Crippen molar-refractivity contribution in [1.29, 1.82) is 0 Å². The second kappa shape index (κ2) is 12.5. The van der Waals surface area contributed by atoms with E-state index in [0.717, 1.165) is 6.07 Å². The van der Waals surface area contributed by atoms with Crippen molar-refractivity contribution in [3.63, 3.8) is 0 Å². The molecule has 204 valence electrons. The standard InChI is InChI=1S/C29H29F2N3O5/c1-37-14-13-33(29(36)19-7-6-8-20(30)15-19)18-28(35)34-26(23-16-21(38-2)11-12-27(23)39-3)17-25(32-34)22-9-4-5-10-24(22)31/h4-12,15-16,26H,13-14,17-18H2,1-3H3/t26-/m1/s1. The van der Waals surface area contributed by atoms with Crippen LogP contribution in [0.1, 0.15) is 33.9 Å². The van der Waals surface area contributed by atoms with Crippen LogP contribution in [0, 0.1) is 11.6 Å². The van der Waals surface area contributed by atoms with Gasteiger partial charge in [0.1, 0.15) is 29.7 Å². The number of benzene rings is 3. The highest BCUT2D eigenvalue weighted by atomic mass is 19.1. The minimum atomic E-state index is -0.661. The van der Waals surface area contributed by atoms with E-state index in [0.29, 0.717) is 22.8 Å². The highest BCUT2D eigenvalue weighted by Crippen LogP contribution is 2.39. The number of hydrogen-bond acceptors (Lipinski definition) is 6. The van der Waals surface area contributed by atoms with Crippen molar-refractivity contribution in [1.82, 2.24) is 9.91 Å². The number of rotatable bonds is 10. The average Bonchev–Trinajstić information content (AvgIpc) is 3.40. The summed E-state index contributed by atoms with van der Waals surface area (Å²) in [5, 5.41) is 5.77. The maximum absolute atomic E-state index is 14.7. The van der Waals surface area contributed by atoms with Crippen LogP contribution in [0.15, 0.2) is 71.8 Å². The fraction of sp³-hybridized carbons (Fsp3) is 0.276. The third-order valence-corrected chi connectivity index (χ3v) is 6.40. The van der Waals surface area contributed by atoms with E-state index in [1.807, 2.05) is 0 Å². The van der Waals surface area contributed by atoms with Crippen LogP contribution in [0.25, 0.3) is 0 Å². The van der Waals surface area contributed by atoms with Crippen molar-refractivity contribution in [3.8, 4) is 11.5 Å². The fourth-order valence-corrected chi connectivity index (χ4v) is 4.43. The third-order valence-electron chi connectivity index (χ3n) is 6.40. The molecule has 0 fully saturated rings. The number of carbonyl (C=O) groups is 2. The lowest BCUT2D eigenvalue weighted by Gasteiger charge is -2.28. The normalized spacial score (nSPS) is 14.6. The van der Waals surface area contributed by atoms with Crippen LogP contribution in [0.3, 0.4) is 0 Å². The molecule has 1 aliphatic rings. The van der Waals surface area contributed by atoms with Gasteiger partial charge in [0.15, 0.2) is 0 Å². The molecule has 0 unspecified atom stereocenters. The summed E-state index contributed by atoms with van der Waals surface area (Å²) in [6.45, 7) is -0.122. The van der Waals surface area contributed by atoms with Crippen molar-refractivity contribution in [2.75, 3.05) is 41.0 Å². The molecule has 0 spiro atoms. The summed E-state index contributed by atoms with van der Waals surface area (Å²) >= 11 is 0. The van der Waals surface area contributed by atoms with Crippen LogP contribution >= 0.6 is 0 Å². The molecule has 0 radical (unpaired) electrons. The molecule has 1 aliphatic heterocycles. The van der Waals surface area contributed by atoms with Gasteiger partial charge >= 0.3 is 0 Å². The lowest BCUT2D eigenvalue weighted by molar-refractivity contribution is -0.133. The summed E-state index contributed by atoms with van der Waals surface area (Å²) in [4.78, 5) is 28.3. The van der Waals surface area contributed by atoms with Crippen LogP contribution in [0.2, 0.25) is 0 Å². The molecule has 3 aromatic rings. The van der Waals surface area contributed by atoms with E-state index in [9.17, 15) is 18.4 Å². The first-order chi connectivity index (χ1) is 18.9. The van der Waals surface area contributed by atoms with Gasteiger partial charge in [-0.25, -0.2) is 13.8 Å². The molecular formula is C29H29F2N3O5. The molecule has 0 saturated heterocycles. The maximum Gasteiger partial charge on any atom is 0.262 e. The van der Waals surface area contributed by atoms with Crippen LogP contribution in [-0.4, -0.2) is 68.5 Å². The third kappa shape index (κ3) is 6.23. The van der Waals surface area contributed by atoms with Gasteiger partial charge < -0.3 is 19.1 Å². The number of hydrogen-bond donors (Lipinski definition) is 0. The minimum absolute atomic E-state index is 0.0858. The molecule has 0 saturated carbocycles. The molecule has 39 heavy (non-hydrogen) atoms. The number of methoxy groups -OCH3 is 3. The van der Waals surface area contributed by atoms with Crippen LogP contribution in [0.5, 0.6) is 11.5 Å². The van der Waals surface area contributed by atoms with Crippen molar-refractivity contribution in [2.45, 2.75) is 12.5 Å². The van der Waals surface area contributed by atoms with Gasteiger partial charge in [-0.05, 0) is 42.5 Å². The SMILES string of the molecule is COCCN(CC(=O)N1N=C(c2ccccc2F)C[C@@H]1c1cc(OC)ccc1OC)C(=O)c1cccc(F)c1. The first kappa shape index (κ1) is 27.7. The molecule has 0 aliphatic carbocycles. The van der Waals surface area contributed by atoms with Gasteiger partial charge in [-0.1, -0.05) is 24.3 Å². The average molecular weight is 538 g/mol. The molecule has 1 heterocycles. The van der Waals surface area contributed by atoms with E-state index in [1.54, 1.807) is 36.4 Å². The monoisotopic (exact) mass is 537 g/mol. The Morgan fingerprint density at radius 2 is 1.79 bits per heavy atom. The second-order valence-corrected chi connectivity index (χ2v) is 8.82.